The van der Waals surface area contributed by atoms with Crippen molar-refractivity contribution in [3.8, 4) is 23.0 Å². The van der Waals surface area contributed by atoms with E-state index in [2.05, 4.69) is 22.8 Å². The molecule has 3 aromatic carbocycles. The molecule has 1 aliphatic rings. The normalized spacial score (nSPS) is 12.4. The Labute approximate surface area is 223 Å². The van der Waals surface area contributed by atoms with Crippen LogP contribution in [0.15, 0.2) is 98.1 Å². The predicted molar refractivity (Wildman–Crippen MR) is 147 cm³/mol. The number of ether oxygens (including phenoxy) is 3. The fourth-order valence-electron chi connectivity index (χ4n) is 3.74. The maximum atomic E-state index is 12.7. The molecule has 4 rings (SSSR count). The Morgan fingerprint density at radius 1 is 0.816 bits per heavy atom. The largest absolute Gasteiger partial charge is 0.508 e. The van der Waals surface area contributed by atoms with Gasteiger partial charge in [-0.25, -0.2) is 0 Å². The van der Waals surface area contributed by atoms with Gasteiger partial charge < -0.3 is 29.1 Å². The van der Waals surface area contributed by atoms with E-state index >= 15 is 0 Å². The van der Waals surface area contributed by atoms with Crippen molar-refractivity contribution in [3.05, 3.63) is 104 Å². The monoisotopic (exact) mass is 516 g/mol. The van der Waals surface area contributed by atoms with E-state index in [0.717, 1.165) is 18.8 Å². The first-order chi connectivity index (χ1) is 18.5. The van der Waals surface area contributed by atoms with Crippen LogP contribution in [-0.2, 0) is 4.79 Å². The van der Waals surface area contributed by atoms with E-state index in [9.17, 15) is 14.7 Å². The average Bonchev–Trinajstić information content (AvgIpc) is 2.96. The van der Waals surface area contributed by atoms with Crippen molar-refractivity contribution in [2.75, 3.05) is 44.3 Å². The van der Waals surface area contributed by atoms with Crippen LogP contribution in [0.2, 0.25) is 0 Å². The summed E-state index contributed by atoms with van der Waals surface area (Å²) in [6.07, 6.45) is 3.32. The Kier molecular flexibility index (Phi) is 10.8. The first kappa shape index (κ1) is 27.9. The fraction of sp³-hybridized carbons (Fsp3) is 0.200. The first-order valence-corrected chi connectivity index (χ1v) is 12.1. The molecule has 1 saturated heterocycles. The number of piperazine rings is 1. The number of amides is 1. The minimum atomic E-state index is 0.0226. The van der Waals surface area contributed by atoms with Crippen LogP contribution in [0.25, 0.3) is 0 Å². The first-order valence-electron chi connectivity index (χ1n) is 12.1. The molecule has 198 valence electrons. The number of carbonyl (C=O) groups is 2. The van der Waals surface area contributed by atoms with Gasteiger partial charge >= 0.3 is 0 Å². The van der Waals surface area contributed by atoms with Crippen molar-refractivity contribution < 1.29 is 28.9 Å². The van der Waals surface area contributed by atoms with Crippen molar-refractivity contribution >= 4 is 18.1 Å². The molecule has 0 radical (unpaired) electrons. The lowest BCUT2D eigenvalue weighted by Crippen LogP contribution is -2.48. The second-order valence-electron chi connectivity index (χ2n) is 8.21. The molecule has 1 N–H and O–H groups in total. The minimum absolute atomic E-state index is 0.0226. The van der Waals surface area contributed by atoms with Crippen LogP contribution in [0, 0.1) is 0 Å². The molecule has 1 heterocycles. The lowest BCUT2D eigenvalue weighted by Gasteiger charge is -2.36. The second kappa shape index (κ2) is 14.7. The summed E-state index contributed by atoms with van der Waals surface area (Å²) in [7, 11) is 0. The van der Waals surface area contributed by atoms with E-state index in [4.69, 9.17) is 9.47 Å². The summed E-state index contributed by atoms with van der Waals surface area (Å²) in [6, 6.07) is 21.3. The van der Waals surface area contributed by atoms with E-state index in [1.54, 1.807) is 54.6 Å². The number of anilines is 1. The lowest BCUT2D eigenvalue weighted by molar-refractivity contribution is -0.120. The van der Waals surface area contributed by atoms with Crippen LogP contribution in [0.3, 0.4) is 0 Å². The molecule has 0 bridgehead atoms. The maximum absolute atomic E-state index is 12.7. The van der Waals surface area contributed by atoms with Crippen LogP contribution in [0.4, 0.5) is 5.69 Å². The minimum Gasteiger partial charge on any atom is -0.508 e. The summed E-state index contributed by atoms with van der Waals surface area (Å²) >= 11 is 0. The van der Waals surface area contributed by atoms with Gasteiger partial charge in [0.2, 0.25) is 0 Å². The zero-order valence-corrected chi connectivity index (χ0v) is 21.2. The highest BCUT2D eigenvalue weighted by Gasteiger charge is 2.22. The van der Waals surface area contributed by atoms with Gasteiger partial charge in [0, 0.05) is 43.5 Å². The van der Waals surface area contributed by atoms with Crippen LogP contribution >= 0.6 is 0 Å². The van der Waals surface area contributed by atoms with E-state index in [-0.39, 0.29) is 11.7 Å². The number of phenols is 1. The average molecular weight is 517 g/mol. The van der Waals surface area contributed by atoms with Gasteiger partial charge in [-0.2, -0.15) is 0 Å². The molecule has 1 aliphatic heterocycles. The van der Waals surface area contributed by atoms with Gasteiger partial charge in [-0.3, -0.25) is 9.59 Å². The van der Waals surface area contributed by atoms with Crippen molar-refractivity contribution in [2.24, 2.45) is 0 Å². The fourth-order valence-corrected chi connectivity index (χ4v) is 3.74. The number of nitrogens with zero attached hydrogens (tertiary/aromatic N) is 2. The van der Waals surface area contributed by atoms with Gasteiger partial charge in [0.1, 0.15) is 36.2 Å². The molecule has 0 atom stereocenters. The Morgan fingerprint density at radius 3 is 2.00 bits per heavy atom. The van der Waals surface area contributed by atoms with Gasteiger partial charge in [0.25, 0.3) is 12.4 Å². The zero-order chi connectivity index (χ0) is 27.2. The van der Waals surface area contributed by atoms with Gasteiger partial charge in [-0.05, 0) is 54.6 Å². The molecule has 1 amide bonds. The van der Waals surface area contributed by atoms with E-state index in [1.807, 2.05) is 35.2 Å². The molecule has 38 heavy (non-hydrogen) atoms. The maximum Gasteiger partial charge on any atom is 0.298 e. The van der Waals surface area contributed by atoms with Crippen LogP contribution in [0.1, 0.15) is 10.4 Å². The van der Waals surface area contributed by atoms with Crippen LogP contribution in [0.5, 0.6) is 23.0 Å². The van der Waals surface area contributed by atoms with Crippen LogP contribution in [-0.4, -0.2) is 61.8 Å². The summed E-state index contributed by atoms with van der Waals surface area (Å²) < 4.78 is 15.4. The third-order valence-corrected chi connectivity index (χ3v) is 5.59. The number of benzene rings is 3. The molecule has 0 aromatic heterocycles. The van der Waals surface area contributed by atoms with E-state index in [0.29, 0.717) is 55.6 Å². The number of aromatic hydroxyl groups is 1. The molecular weight excluding hydrogens is 484 g/mol. The third kappa shape index (κ3) is 8.44. The zero-order valence-electron chi connectivity index (χ0n) is 21.2. The number of hydrogen-bond acceptors (Lipinski definition) is 7. The summed E-state index contributed by atoms with van der Waals surface area (Å²) in [5.74, 6) is 2.08. The van der Waals surface area contributed by atoms with Crippen molar-refractivity contribution in [1.82, 2.24) is 4.90 Å². The molecular formula is C30H32N2O6. The highest BCUT2D eigenvalue weighted by molar-refractivity contribution is 5.94. The SMILES string of the molecule is C=CCOc1cccc(C(=O)N2CCN(c3ccc(O)cc3)CC2)c1.C=CCOc1cccc(OC=O)c1. The molecule has 8 heteroatoms. The Morgan fingerprint density at radius 2 is 1.39 bits per heavy atom. The van der Waals surface area contributed by atoms with E-state index < -0.39 is 0 Å². The summed E-state index contributed by atoms with van der Waals surface area (Å²) in [4.78, 5) is 26.8. The molecule has 0 spiro atoms. The van der Waals surface area contributed by atoms with E-state index in [1.165, 1.54) is 0 Å². The summed E-state index contributed by atoms with van der Waals surface area (Å²) in [6.45, 7) is 11.2. The lowest BCUT2D eigenvalue weighted by atomic mass is 10.1. The quantitative estimate of drug-likeness (QED) is 0.309. The third-order valence-electron chi connectivity index (χ3n) is 5.59. The van der Waals surface area contributed by atoms with Crippen molar-refractivity contribution in [1.29, 1.82) is 0 Å². The molecule has 3 aromatic rings. The summed E-state index contributed by atoms with van der Waals surface area (Å²) in [5, 5.41) is 9.39. The van der Waals surface area contributed by atoms with Gasteiger partial charge in [0.05, 0.1) is 0 Å². The van der Waals surface area contributed by atoms with Crippen molar-refractivity contribution in [2.45, 2.75) is 0 Å². The Bertz CT molecular complexity index is 1200. The topological polar surface area (TPSA) is 88.5 Å². The Balaban J connectivity index is 0.000000260. The summed E-state index contributed by atoms with van der Waals surface area (Å²) in [5.41, 5.74) is 1.70. The standard InChI is InChI=1S/C20H22N2O3.C10H10O3/c1-2-14-25-19-5-3-4-16(15-19)20(24)22-12-10-21(11-13-22)17-6-8-18(23)9-7-17;1-2-6-12-9-4-3-5-10(7-9)13-8-11/h2-9,15,23H,1,10-14H2;2-5,7-8H,1,6H2. The number of phenolic OH excluding ortho intramolecular Hbond substituents is 1. The van der Waals surface area contributed by atoms with Gasteiger partial charge in [-0.15, -0.1) is 0 Å². The molecule has 0 saturated carbocycles. The number of carbonyl (C=O) groups excluding carboxylic acids is 2. The number of hydrogen-bond donors (Lipinski definition) is 1. The van der Waals surface area contributed by atoms with Gasteiger partial charge in [0.15, 0.2) is 0 Å². The molecule has 1 fully saturated rings. The molecule has 8 nitrogen and oxygen atoms in total. The van der Waals surface area contributed by atoms with Crippen molar-refractivity contribution in [3.63, 3.8) is 0 Å². The highest BCUT2D eigenvalue weighted by Crippen LogP contribution is 2.21. The molecule has 0 aliphatic carbocycles. The Hall–Kier alpha value is -4.72. The highest BCUT2D eigenvalue weighted by atomic mass is 16.5. The second-order valence-corrected chi connectivity index (χ2v) is 8.21. The number of rotatable bonds is 10. The van der Waals surface area contributed by atoms with Gasteiger partial charge in [-0.1, -0.05) is 37.4 Å². The smallest absolute Gasteiger partial charge is 0.298 e. The predicted octanol–water partition coefficient (Wildman–Crippen LogP) is 4.71. The molecule has 0 unspecified atom stereocenters. The van der Waals surface area contributed by atoms with Crippen LogP contribution < -0.4 is 19.1 Å².